The van der Waals surface area contributed by atoms with Crippen LogP contribution in [-0.4, -0.2) is 39.5 Å². The average molecular weight is 274 g/mol. The Morgan fingerprint density at radius 1 is 1.30 bits per heavy atom. The van der Waals surface area contributed by atoms with Crippen LogP contribution in [0.1, 0.15) is 30.6 Å². The number of nitrogens with zero attached hydrogens (tertiary/aromatic N) is 1. The topological polar surface area (TPSA) is 73.4 Å². The van der Waals surface area contributed by atoms with Crippen LogP contribution in [0.5, 0.6) is 0 Å². The Morgan fingerprint density at radius 3 is 2.65 bits per heavy atom. The fourth-order valence-corrected chi connectivity index (χ4v) is 2.21. The highest BCUT2D eigenvalue weighted by atomic mass is 16.4. The number of carboxylic acid groups (broad SMARTS) is 1. The fourth-order valence-electron chi connectivity index (χ4n) is 2.21. The molecule has 0 fully saturated rings. The number of aromatic amines is 1. The molecule has 0 radical (unpaired) electrons. The molecule has 2 rings (SSSR count). The van der Waals surface area contributed by atoms with Crippen molar-refractivity contribution in [3.63, 3.8) is 0 Å². The van der Waals surface area contributed by atoms with Gasteiger partial charge in [0.1, 0.15) is 0 Å². The van der Waals surface area contributed by atoms with Gasteiger partial charge in [-0.2, -0.15) is 0 Å². The first-order chi connectivity index (χ1) is 9.50. The van der Waals surface area contributed by atoms with Crippen molar-refractivity contribution in [3.8, 4) is 0 Å². The molecule has 1 aromatic heterocycles. The van der Waals surface area contributed by atoms with E-state index in [1.54, 1.807) is 11.1 Å². The maximum atomic E-state index is 12.6. The number of amides is 1. The third-order valence-electron chi connectivity index (χ3n) is 3.27. The molecule has 0 unspecified atom stereocenters. The maximum Gasteiger partial charge on any atom is 0.305 e. The van der Waals surface area contributed by atoms with Gasteiger partial charge in [0.05, 0.1) is 12.0 Å². The summed E-state index contributed by atoms with van der Waals surface area (Å²) in [4.78, 5) is 27.9. The highest BCUT2D eigenvalue weighted by Crippen LogP contribution is 2.20. The van der Waals surface area contributed by atoms with Gasteiger partial charge in [0, 0.05) is 29.7 Å². The van der Waals surface area contributed by atoms with Gasteiger partial charge in [0.15, 0.2) is 0 Å². The van der Waals surface area contributed by atoms with E-state index in [9.17, 15) is 9.59 Å². The minimum absolute atomic E-state index is 0.0458. The predicted octanol–water partition coefficient (Wildman–Crippen LogP) is 2.49. The van der Waals surface area contributed by atoms with Gasteiger partial charge < -0.3 is 15.0 Å². The van der Waals surface area contributed by atoms with E-state index >= 15 is 0 Å². The van der Waals surface area contributed by atoms with Crippen LogP contribution in [0, 0.1) is 0 Å². The van der Waals surface area contributed by atoms with Gasteiger partial charge in [-0.1, -0.05) is 18.2 Å². The number of hydrogen-bond acceptors (Lipinski definition) is 2. The van der Waals surface area contributed by atoms with Crippen molar-refractivity contribution in [3.05, 3.63) is 36.0 Å². The third kappa shape index (κ3) is 2.82. The lowest BCUT2D eigenvalue weighted by atomic mass is 10.1. The Labute approximate surface area is 117 Å². The van der Waals surface area contributed by atoms with Gasteiger partial charge in [-0.05, 0) is 19.9 Å². The second-order valence-electron chi connectivity index (χ2n) is 4.98. The average Bonchev–Trinajstić information content (AvgIpc) is 2.81. The highest BCUT2D eigenvalue weighted by Gasteiger charge is 2.21. The van der Waals surface area contributed by atoms with Crippen molar-refractivity contribution in [2.24, 2.45) is 0 Å². The van der Waals surface area contributed by atoms with E-state index in [0.717, 1.165) is 10.9 Å². The number of nitrogens with one attached hydrogen (secondary N) is 1. The molecule has 2 aromatic rings. The maximum absolute atomic E-state index is 12.6. The summed E-state index contributed by atoms with van der Waals surface area (Å²) in [5, 5.41) is 9.64. The molecular weight excluding hydrogens is 256 g/mol. The number of aromatic nitrogens is 1. The Hall–Kier alpha value is -2.30. The molecule has 20 heavy (non-hydrogen) atoms. The predicted molar refractivity (Wildman–Crippen MR) is 76.7 cm³/mol. The summed E-state index contributed by atoms with van der Waals surface area (Å²) in [6, 6.07) is 7.52. The van der Waals surface area contributed by atoms with Crippen molar-refractivity contribution in [2.45, 2.75) is 26.3 Å². The standard InChI is InChI=1S/C15H18N2O3/c1-10(2)17(8-7-14(18)19)15(20)12-9-16-13-6-4-3-5-11(12)13/h3-6,9-10,16H,7-8H2,1-2H3,(H,18,19). The zero-order chi connectivity index (χ0) is 14.7. The van der Waals surface area contributed by atoms with Crippen LogP contribution in [0.15, 0.2) is 30.5 Å². The van der Waals surface area contributed by atoms with Crippen molar-refractivity contribution >= 4 is 22.8 Å². The number of hydrogen-bond donors (Lipinski definition) is 2. The number of carbonyl (C=O) groups excluding carboxylic acids is 1. The zero-order valence-corrected chi connectivity index (χ0v) is 11.6. The third-order valence-corrected chi connectivity index (χ3v) is 3.27. The van der Waals surface area contributed by atoms with Crippen molar-refractivity contribution < 1.29 is 14.7 Å². The Bertz CT molecular complexity index is 631. The van der Waals surface area contributed by atoms with Crippen LogP contribution in [-0.2, 0) is 4.79 Å². The molecule has 0 aliphatic heterocycles. The van der Waals surface area contributed by atoms with Gasteiger partial charge in [-0.3, -0.25) is 9.59 Å². The minimum Gasteiger partial charge on any atom is -0.481 e. The number of benzene rings is 1. The summed E-state index contributed by atoms with van der Waals surface area (Å²) in [6.45, 7) is 3.98. The molecule has 0 aliphatic rings. The van der Waals surface area contributed by atoms with Gasteiger partial charge in [-0.25, -0.2) is 0 Å². The molecule has 0 atom stereocenters. The Balaban J connectivity index is 2.29. The minimum atomic E-state index is -0.901. The van der Waals surface area contributed by atoms with Crippen LogP contribution in [0.25, 0.3) is 10.9 Å². The first-order valence-corrected chi connectivity index (χ1v) is 6.59. The van der Waals surface area contributed by atoms with Crippen molar-refractivity contribution in [1.82, 2.24) is 9.88 Å². The molecular formula is C15H18N2O3. The van der Waals surface area contributed by atoms with E-state index in [1.807, 2.05) is 38.1 Å². The number of rotatable bonds is 5. The van der Waals surface area contributed by atoms with Crippen molar-refractivity contribution in [1.29, 1.82) is 0 Å². The summed E-state index contributed by atoms with van der Waals surface area (Å²) in [5.74, 6) is -1.04. The summed E-state index contributed by atoms with van der Waals surface area (Å²) in [7, 11) is 0. The van der Waals surface area contributed by atoms with Crippen LogP contribution in [0.2, 0.25) is 0 Å². The van der Waals surface area contributed by atoms with E-state index in [4.69, 9.17) is 5.11 Å². The second-order valence-corrected chi connectivity index (χ2v) is 4.98. The van der Waals surface area contributed by atoms with E-state index in [-0.39, 0.29) is 24.9 Å². The van der Waals surface area contributed by atoms with Crippen molar-refractivity contribution in [2.75, 3.05) is 6.54 Å². The summed E-state index contributed by atoms with van der Waals surface area (Å²) < 4.78 is 0. The lowest BCUT2D eigenvalue weighted by molar-refractivity contribution is -0.137. The van der Waals surface area contributed by atoms with Gasteiger partial charge in [0.2, 0.25) is 0 Å². The normalized spacial score (nSPS) is 10.9. The Morgan fingerprint density at radius 2 is 2.00 bits per heavy atom. The summed E-state index contributed by atoms with van der Waals surface area (Å²) in [6.07, 6.45) is 1.63. The lowest BCUT2D eigenvalue weighted by Crippen LogP contribution is -2.38. The largest absolute Gasteiger partial charge is 0.481 e. The van der Waals surface area contributed by atoms with E-state index < -0.39 is 5.97 Å². The molecule has 5 nitrogen and oxygen atoms in total. The van der Waals surface area contributed by atoms with Crippen LogP contribution in [0.3, 0.4) is 0 Å². The fraction of sp³-hybridized carbons (Fsp3) is 0.333. The summed E-state index contributed by atoms with van der Waals surface area (Å²) >= 11 is 0. The number of fused-ring (bicyclic) bond motifs is 1. The SMILES string of the molecule is CC(C)N(CCC(=O)O)C(=O)c1c[nH]c2ccccc12. The van der Waals surface area contributed by atoms with E-state index in [2.05, 4.69) is 4.98 Å². The van der Waals surface area contributed by atoms with Crippen LogP contribution in [0.4, 0.5) is 0 Å². The Kier molecular flexibility index (Phi) is 4.08. The molecule has 5 heteroatoms. The quantitative estimate of drug-likeness (QED) is 0.879. The number of carbonyl (C=O) groups is 2. The highest BCUT2D eigenvalue weighted by molar-refractivity contribution is 6.06. The first-order valence-electron chi connectivity index (χ1n) is 6.59. The summed E-state index contributed by atoms with van der Waals surface area (Å²) in [5.41, 5.74) is 1.48. The van der Waals surface area contributed by atoms with Gasteiger partial charge >= 0.3 is 5.97 Å². The molecule has 1 amide bonds. The first kappa shape index (κ1) is 14.1. The molecule has 106 valence electrons. The molecule has 0 aliphatic carbocycles. The molecule has 2 N–H and O–H groups in total. The molecule has 0 saturated carbocycles. The van der Waals surface area contributed by atoms with Crippen LogP contribution >= 0.6 is 0 Å². The molecule has 1 heterocycles. The lowest BCUT2D eigenvalue weighted by Gasteiger charge is -2.26. The van der Waals surface area contributed by atoms with Gasteiger partial charge in [0.25, 0.3) is 5.91 Å². The number of para-hydroxylation sites is 1. The van der Waals surface area contributed by atoms with Crippen LogP contribution < -0.4 is 0 Å². The smallest absolute Gasteiger partial charge is 0.305 e. The van der Waals surface area contributed by atoms with E-state index in [0.29, 0.717) is 5.56 Å². The molecule has 0 spiro atoms. The monoisotopic (exact) mass is 274 g/mol. The number of H-pyrrole nitrogens is 1. The molecule has 1 aromatic carbocycles. The number of aliphatic carboxylic acids is 1. The second kappa shape index (κ2) is 5.77. The number of carboxylic acids is 1. The molecule has 0 bridgehead atoms. The zero-order valence-electron chi connectivity index (χ0n) is 11.6. The van der Waals surface area contributed by atoms with Gasteiger partial charge in [-0.15, -0.1) is 0 Å². The molecule has 0 saturated heterocycles. The van der Waals surface area contributed by atoms with E-state index in [1.165, 1.54) is 0 Å².